The molecule has 2 aromatic heterocycles. The molecule has 4 rings (SSSR count). The van der Waals surface area contributed by atoms with Crippen LogP contribution in [0.5, 0.6) is 0 Å². The van der Waals surface area contributed by atoms with Gasteiger partial charge < -0.3 is 10.8 Å². The highest BCUT2D eigenvalue weighted by Gasteiger charge is 2.24. The standard InChI is InChI=1S/C20H14FN5O5/c1-24-14-5-3-11(26(30)31)9-12(14)18(23-24)16-6-7-17(20(28)29)25(16)15-4-2-10(19(22)27)8-13(15)21/h2-9H,1H3,(H2,22,27)(H,28,29). The van der Waals surface area contributed by atoms with Crippen LogP contribution in [0.2, 0.25) is 0 Å². The number of carboxylic acids is 1. The van der Waals surface area contributed by atoms with E-state index in [9.17, 15) is 29.2 Å². The summed E-state index contributed by atoms with van der Waals surface area (Å²) in [5.74, 6) is -3.03. The molecule has 156 valence electrons. The summed E-state index contributed by atoms with van der Waals surface area (Å²) in [6.07, 6.45) is 0. The number of carbonyl (C=O) groups excluding carboxylic acids is 1. The second-order valence-electron chi connectivity index (χ2n) is 6.71. The Morgan fingerprint density at radius 1 is 1.16 bits per heavy atom. The average molecular weight is 423 g/mol. The molecule has 0 radical (unpaired) electrons. The van der Waals surface area contributed by atoms with E-state index in [-0.39, 0.29) is 34.0 Å². The van der Waals surface area contributed by atoms with Crippen molar-refractivity contribution in [3.63, 3.8) is 0 Å². The van der Waals surface area contributed by atoms with Crippen LogP contribution in [0.1, 0.15) is 20.8 Å². The molecule has 0 aliphatic rings. The molecule has 11 heteroatoms. The van der Waals surface area contributed by atoms with Crippen LogP contribution < -0.4 is 5.73 Å². The van der Waals surface area contributed by atoms with Crippen molar-refractivity contribution in [3.05, 3.63) is 75.7 Å². The van der Waals surface area contributed by atoms with Gasteiger partial charge in [0.2, 0.25) is 5.91 Å². The molecule has 10 nitrogen and oxygen atoms in total. The normalized spacial score (nSPS) is 11.0. The van der Waals surface area contributed by atoms with Gasteiger partial charge in [0.25, 0.3) is 5.69 Å². The van der Waals surface area contributed by atoms with Crippen molar-refractivity contribution in [2.45, 2.75) is 0 Å². The zero-order valence-electron chi connectivity index (χ0n) is 15.9. The molecule has 2 aromatic carbocycles. The predicted molar refractivity (Wildman–Crippen MR) is 108 cm³/mol. The molecule has 0 bridgehead atoms. The number of carbonyl (C=O) groups is 2. The molecule has 31 heavy (non-hydrogen) atoms. The van der Waals surface area contributed by atoms with Gasteiger partial charge >= 0.3 is 5.97 Å². The van der Waals surface area contributed by atoms with Crippen molar-refractivity contribution in [3.8, 4) is 17.1 Å². The van der Waals surface area contributed by atoms with Crippen LogP contribution in [0.25, 0.3) is 28.0 Å². The summed E-state index contributed by atoms with van der Waals surface area (Å²) in [4.78, 5) is 33.8. The smallest absolute Gasteiger partial charge is 0.352 e. The maximum absolute atomic E-state index is 14.9. The molecule has 0 fully saturated rings. The van der Waals surface area contributed by atoms with E-state index in [1.807, 2.05) is 0 Å². The van der Waals surface area contributed by atoms with E-state index in [4.69, 9.17) is 5.73 Å². The van der Waals surface area contributed by atoms with Crippen LogP contribution in [0, 0.1) is 15.9 Å². The van der Waals surface area contributed by atoms with Crippen molar-refractivity contribution < 1.29 is 24.0 Å². The van der Waals surface area contributed by atoms with Crippen molar-refractivity contribution in [1.82, 2.24) is 14.3 Å². The summed E-state index contributed by atoms with van der Waals surface area (Å²) in [7, 11) is 1.63. The minimum Gasteiger partial charge on any atom is -0.477 e. The van der Waals surface area contributed by atoms with Crippen molar-refractivity contribution in [2.75, 3.05) is 0 Å². The van der Waals surface area contributed by atoms with Crippen LogP contribution in [-0.4, -0.2) is 36.3 Å². The Bertz CT molecular complexity index is 1400. The number of non-ortho nitro benzene ring substituents is 1. The topological polar surface area (TPSA) is 146 Å². The van der Waals surface area contributed by atoms with E-state index < -0.39 is 22.6 Å². The molecule has 4 aromatic rings. The van der Waals surface area contributed by atoms with E-state index in [1.54, 1.807) is 7.05 Å². The Hall–Kier alpha value is -4.54. The van der Waals surface area contributed by atoms with Crippen LogP contribution in [0.3, 0.4) is 0 Å². The number of nitro groups is 1. The quantitative estimate of drug-likeness (QED) is 0.373. The summed E-state index contributed by atoms with van der Waals surface area (Å²) >= 11 is 0. The lowest BCUT2D eigenvalue weighted by atomic mass is 10.1. The second-order valence-corrected chi connectivity index (χ2v) is 6.71. The third-order valence-corrected chi connectivity index (χ3v) is 4.86. The number of carboxylic acid groups (broad SMARTS) is 1. The lowest BCUT2D eigenvalue weighted by Gasteiger charge is -2.12. The number of primary amides is 1. The number of amides is 1. The molecule has 0 aliphatic heterocycles. The van der Waals surface area contributed by atoms with Gasteiger partial charge in [-0.05, 0) is 36.4 Å². The summed E-state index contributed by atoms with van der Waals surface area (Å²) < 4.78 is 17.5. The highest BCUT2D eigenvalue weighted by Crippen LogP contribution is 2.34. The zero-order chi connectivity index (χ0) is 22.4. The van der Waals surface area contributed by atoms with Crippen LogP contribution in [0.4, 0.5) is 10.1 Å². The molecule has 0 spiro atoms. The molecule has 0 atom stereocenters. The minimum atomic E-state index is -1.32. The molecule has 2 heterocycles. The van der Waals surface area contributed by atoms with E-state index in [0.29, 0.717) is 10.9 Å². The van der Waals surface area contributed by atoms with E-state index in [0.717, 1.165) is 10.6 Å². The maximum atomic E-state index is 14.9. The van der Waals surface area contributed by atoms with Crippen LogP contribution in [0.15, 0.2) is 48.5 Å². The number of aromatic nitrogens is 3. The van der Waals surface area contributed by atoms with Gasteiger partial charge in [-0.25, -0.2) is 9.18 Å². The summed E-state index contributed by atoms with van der Waals surface area (Å²) in [6, 6.07) is 10.3. The van der Waals surface area contributed by atoms with Gasteiger partial charge in [-0.3, -0.25) is 24.2 Å². The van der Waals surface area contributed by atoms with E-state index >= 15 is 0 Å². The number of nitrogens with two attached hydrogens (primary N) is 1. The van der Waals surface area contributed by atoms with E-state index in [2.05, 4.69) is 5.10 Å². The fourth-order valence-electron chi connectivity index (χ4n) is 3.45. The van der Waals surface area contributed by atoms with Gasteiger partial charge in [0.1, 0.15) is 17.2 Å². The monoisotopic (exact) mass is 423 g/mol. The molecule has 3 N–H and O–H groups in total. The number of rotatable bonds is 5. The predicted octanol–water partition coefficient (Wildman–Crippen LogP) is 2.88. The molecule has 0 saturated carbocycles. The highest BCUT2D eigenvalue weighted by atomic mass is 19.1. The Labute approximate surface area is 173 Å². The van der Waals surface area contributed by atoms with Crippen LogP contribution in [-0.2, 0) is 7.05 Å². The third kappa shape index (κ3) is 3.17. The number of fused-ring (bicyclic) bond motifs is 1. The fourth-order valence-corrected chi connectivity index (χ4v) is 3.45. The molecular formula is C20H14FN5O5. The molecular weight excluding hydrogens is 409 g/mol. The molecule has 0 unspecified atom stereocenters. The number of hydrogen-bond acceptors (Lipinski definition) is 5. The Morgan fingerprint density at radius 2 is 1.90 bits per heavy atom. The Morgan fingerprint density at radius 3 is 2.52 bits per heavy atom. The lowest BCUT2D eigenvalue weighted by molar-refractivity contribution is -0.384. The minimum absolute atomic E-state index is 0.0780. The van der Waals surface area contributed by atoms with Gasteiger partial charge in [-0.2, -0.15) is 5.10 Å². The van der Waals surface area contributed by atoms with E-state index in [1.165, 1.54) is 47.1 Å². The maximum Gasteiger partial charge on any atom is 0.352 e. The number of benzene rings is 2. The summed E-state index contributed by atoms with van der Waals surface area (Å²) in [5, 5.41) is 25.6. The number of hydrogen-bond donors (Lipinski definition) is 2. The molecule has 1 amide bonds. The number of aromatic carboxylic acids is 1. The van der Waals surface area contributed by atoms with Gasteiger partial charge in [0.15, 0.2) is 0 Å². The summed E-state index contributed by atoms with van der Waals surface area (Å²) in [6.45, 7) is 0. The van der Waals surface area contributed by atoms with Crippen molar-refractivity contribution in [1.29, 1.82) is 0 Å². The lowest BCUT2D eigenvalue weighted by Crippen LogP contribution is -2.13. The fraction of sp³-hybridized carbons (Fsp3) is 0.0500. The first kappa shape index (κ1) is 19.8. The Kier molecular flexibility index (Phi) is 4.50. The number of halogens is 1. The first-order chi connectivity index (χ1) is 14.7. The second kappa shape index (κ2) is 7.06. The first-order valence-electron chi connectivity index (χ1n) is 8.85. The number of nitro benzene ring substituents is 1. The van der Waals surface area contributed by atoms with Gasteiger partial charge in [0, 0.05) is 30.1 Å². The van der Waals surface area contributed by atoms with Crippen molar-refractivity contribution in [2.24, 2.45) is 12.8 Å². The Balaban J connectivity index is 2.03. The van der Waals surface area contributed by atoms with Crippen molar-refractivity contribution >= 4 is 28.5 Å². The first-order valence-corrected chi connectivity index (χ1v) is 8.85. The summed E-state index contributed by atoms with van der Waals surface area (Å²) in [5.41, 5.74) is 5.52. The average Bonchev–Trinajstić information content (AvgIpc) is 3.29. The number of nitrogens with zero attached hydrogens (tertiary/aromatic N) is 4. The van der Waals surface area contributed by atoms with Gasteiger partial charge in [-0.1, -0.05) is 0 Å². The largest absolute Gasteiger partial charge is 0.477 e. The third-order valence-electron chi connectivity index (χ3n) is 4.86. The number of aryl methyl sites for hydroxylation is 1. The zero-order valence-corrected chi connectivity index (χ0v) is 15.9. The van der Waals surface area contributed by atoms with Gasteiger partial charge in [0.05, 0.1) is 21.8 Å². The van der Waals surface area contributed by atoms with Crippen LogP contribution >= 0.6 is 0 Å². The molecule has 0 aliphatic carbocycles. The van der Waals surface area contributed by atoms with Gasteiger partial charge in [-0.15, -0.1) is 0 Å². The highest BCUT2D eigenvalue weighted by molar-refractivity contribution is 5.97. The SMILES string of the molecule is Cn1nc(-c2ccc(C(=O)O)n2-c2ccc(C(N)=O)cc2F)c2cc([N+](=O)[O-])ccc21. The molecule has 0 saturated heterocycles.